The van der Waals surface area contributed by atoms with Gasteiger partial charge in [-0.2, -0.15) is 0 Å². The fraction of sp³-hybridized carbons (Fsp3) is 0.538. The van der Waals surface area contributed by atoms with Crippen LogP contribution in [0.25, 0.3) is 0 Å². The lowest BCUT2D eigenvalue weighted by Gasteiger charge is -2.26. The highest BCUT2D eigenvalue weighted by molar-refractivity contribution is 5.92. The number of rotatable bonds is 5. The van der Waals surface area contributed by atoms with E-state index >= 15 is 0 Å². The van der Waals surface area contributed by atoms with Crippen LogP contribution in [-0.2, 0) is 4.74 Å². The minimum Gasteiger partial charge on any atom is -0.385 e. The number of aromatic nitrogens is 1. The molecular formula is C13H20N4O2. The van der Waals surface area contributed by atoms with E-state index in [1.165, 1.54) is 0 Å². The third-order valence-corrected chi connectivity index (χ3v) is 2.84. The number of nitrogens with zero attached hydrogens (tertiary/aromatic N) is 2. The molecule has 104 valence electrons. The van der Waals surface area contributed by atoms with E-state index in [0.717, 1.165) is 18.7 Å². The van der Waals surface area contributed by atoms with Crippen LogP contribution in [0.3, 0.4) is 0 Å². The molecule has 2 heterocycles. The van der Waals surface area contributed by atoms with Crippen molar-refractivity contribution in [1.29, 1.82) is 0 Å². The average Bonchev–Trinajstić information content (AvgIpc) is 2.46. The molecule has 1 fully saturated rings. The maximum absolute atomic E-state index is 12.1. The molecule has 1 saturated heterocycles. The highest BCUT2D eigenvalue weighted by atomic mass is 16.5. The Balaban J connectivity index is 1.93. The summed E-state index contributed by atoms with van der Waals surface area (Å²) in [7, 11) is 0. The molecule has 0 atom stereocenters. The lowest BCUT2D eigenvalue weighted by atomic mass is 10.3. The Bertz CT molecular complexity index is 419. The number of hydrogen-bond acceptors (Lipinski definition) is 5. The van der Waals surface area contributed by atoms with E-state index in [9.17, 15) is 4.79 Å². The molecule has 1 aromatic heterocycles. The van der Waals surface area contributed by atoms with Gasteiger partial charge in [-0.15, -0.1) is 0 Å². The van der Waals surface area contributed by atoms with Crippen molar-refractivity contribution in [2.75, 3.05) is 38.2 Å². The SMILES string of the molecule is CCCNc1ccnc(C(=O)NN2CCOCC2)c1. The average molecular weight is 264 g/mol. The molecule has 0 aromatic carbocycles. The molecule has 0 aliphatic carbocycles. The third-order valence-electron chi connectivity index (χ3n) is 2.84. The molecule has 0 spiro atoms. The van der Waals surface area contributed by atoms with Gasteiger partial charge in [0, 0.05) is 31.5 Å². The fourth-order valence-corrected chi connectivity index (χ4v) is 1.81. The van der Waals surface area contributed by atoms with Crippen LogP contribution in [0.5, 0.6) is 0 Å². The quantitative estimate of drug-likeness (QED) is 0.826. The van der Waals surface area contributed by atoms with Crippen molar-refractivity contribution < 1.29 is 9.53 Å². The van der Waals surface area contributed by atoms with Crippen molar-refractivity contribution >= 4 is 11.6 Å². The summed E-state index contributed by atoms with van der Waals surface area (Å²) in [5.74, 6) is -0.179. The molecule has 1 amide bonds. The molecule has 1 aliphatic heterocycles. The largest absolute Gasteiger partial charge is 0.385 e. The maximum atomic E-state index is 12.1. The van der Waals surface area contributed by atoms with Crippen molar-refractivity contribution in [3.05, 3.63) is 24.0 Å². The molecule has 6 heteroatoms. The normalized spacial score (nSPS) is 16.1. The van der Waals surface area contributed by atoms with Gasteiger partial charge in [-0.3, -0.25) is 15.2 Å². The van der Waals surface area contributed by atoms with Crippen molar-refractivity contribution in [2.45, 2.75) is 13.3 Å². The second-order valence-corrected chi connectivity index (χ2v) is 4.40. The number of amides is 1. The molecule has 0 saturated carbocycles. The van der Waals surface area contributed by atoms with E-state index < -0.39 is 0 Å². The number of pyridine rings is 1. The van der Waals surface area contributed by atoms with Gasteiger partial charge in [0.15, 0.2) is 0 Å². The van der Waals surface area contributed by atoms with E-state index in [-0.39, 0.29) is 5.91 Å². The summed E-state index contributed by atoms with van der Waals surface area (Å²) in [6, 6.07) is 3.63. The van der Waals surface area contributed by atoms with E-state index in [0.29, 0.717) is 32.0 Å². The minimum atomic E-state index is -0.179. The van der Waals surface area contributed by atoms with Crippen LogP contribution >= 0.6 is 0 Å². The Morgan fingerprint density at radius 3 is 3.00 bits per heavy atom. The Hall–Kier alpha value is -1.66. The van der Waals surface area contributed by atoms with Gasteiger partial charge in [0.2, 0.25) is 0 Å². The van der Waals surface area contributed by atoms with Crippen LogP contribution in [0, 0.1) is 0 Å². The van der Waals surface area contributed by atoms with Crippen LogP contribution in [0.2, 0.25) is 0 Å². The number of carbonyl (C=O) groups is 1. The first-order valence-electron chi connectivity index (χ1n) is 6.63. The van der Waals surface area contributed by atoms with Crippen LogP contribution in [0.15, 0.2) is 18.3 Å². The van der Waals surface area contributed by atoms with Gasteiger partial charge in [-0.1, -0.05) is 6.92 Å². The van der Waals surface area contributed by atoms with Gasteiger partial charge in [0.25, 0.3) is 5.91 Å². The zero-order valence-electron chi connectivity index (χ0n) is 11.2. The van der Waals surface area contributed by atoms with Crippen LogP contribution in [0.1, 0.15) is 23.8 Å². The molecular weight excluding hydrogens is 244 g/mol. The van der Waals surface area contributed by atoms with Gasteiger partial charge in [-0.25, -0.2) is 5.01 Å². The van der Waals surface area contributed by atoms with E-state index in [1.807, 2.05) is 11.1 Å². The lowest BCUT2D eigenvalue weighted by molar-refractivity contribution is 0.0124. The summed E-state index contributed by atoms with van der Waals surface area (Å²) in [5, 5.41) is 5.10. The lowest BCUT2D eigenvalue weighted by Crippen LogP contribution is -2.48. The number of carbonyl (C=O) groups excluding carboxylic acids is 1. The molecule has 2 N–H and O–H groups in total. The topological polar surface area (TPSA) is 66.5 Å². The Morgan fingerprint density at radius 1 is 1.47 bits per heavy atom. The monoisotopic (exact) mass is 264 g/mol. The highest BCUT2D eigenvalue weighted by Gasteiger charge is 2.15. The number of hydrogen-bond donors (Lipinski definition) is 2. The van der Waals surface area contributed by atoms with Crippen molar-refractivity contribution in [3.63, 3.8) is 0 Å². The number of ether oxygens (including phenoxy) is 1. The fourth-order valence-electron chi connectivity index (χ4n) is 1.81. The second kappa shape index (κ2) is 7.06. The van der Waals surface area contributed by atoms with E-state index in [1.54, 1.807) is 12.3 Å². The second-order valence-electron chi connectivity index (χ2n) is 4.40. The molecule has 1 aliphatic rings. The summed E-state index contributed by atoms with van der Waals surface area (Å²) < 4.78 is 5.23. The molecule has 6 nitrogen and oxygen atoms in total. The first kappa shape index (κ1) is 13.8. The van der Waals surface area contributed by atoms with Gasteiger partial charge in [0.05, 0.1) is 13.2 Å². The Labute approximate surface area is 113 Å². The number of anilines is 1. The van der Waals surface area contributed by atoms with Crippen molar-refractivity contribution in [3.8, 4) is 0 Å². The smallest absolute Gasteiger partial charge is 0.284 e. The van der Waals surface area contributed by atoms with Crippen molar-refractivity contribution in [1.82, 2.24) is 15.4 Å². The molecule has 0 radical (unpaired) electrons. The first-order chi connectivity index (χ1) is 9.29. The standard InChI is InChI=1S/C13H20N4O2/c1-2-4-14-11-3-5-15-12(10-11)13(18)16-17-6-8-19-9-7-17/h3,5,10H,2,4,6-9H2,1H3,(H,14,15)(H,16,18). The van der Waals surface area contributed by atoms with Crippen molar-refractivity contribution in [2.24, 2.45) is 0 Å². The molecule has 0 bridgehead atoms. The number of morpholine rings is 1. The zero-order chi connectivity index (χ0) is 13.5. The van der Waals surface area contributed by atoms with Crippen LogP contribution < -0.4 is 10.7 Å². The number of nitrogens with one attached hydrogen (secondary N) is 2. The van der Waals surface area contributed by atoms with Gasteiger partial charge < -0.3 is 10.1 Å². The Kier molecular flexibility index (Phi) is 5.11. The predicted octanol–water partition coefficient (Wildman–Crippen LogP) is 0.880. The summed E-state index contributed by atoms with van der Waals surface area (Å²) in [4.78, 5) is 16.2. The maximum Gasteiger partial charge on any atom is 0.284 e. The molecule has 2 rings (SSSR count). The molecule has 0 unspecified atom stereocenters. The molecule has 19 heavy (non-hydrogen) atoms. The van der Waals surface area contributed by atoms with Crippen LogP contribution in [0.4, 0.5) is 5.69 Å². The zero-order valence-corrected chi connectivity index (χ0v) is 11.2. The summed E-state index contributed by atoms with van der Waals surface area (Å²) in [5.41, 5.74) is 4.19. The highest BCUT2D eigenvalue weighted by Crippen LogP contribution is 2.08. The van der Waals surface area contributed by atoms with Gasteiger partial charge in [0.1, 0.15) is 5.69 Å². The predicted molar refractivity (Wildman–Crippen MR) is 72.9 cm³/mol. The summed E-state index contributed by atoms with van der Waals surface area (Å²) in [6.07, 6.45) is 2.68. The van der Waals surface area contributed by atoms with E-state index in [2.05, 4.69) is 22.7 Å². The molecule has 1 aromatic rings. The van der Waals surface area contributed by atoms with Crippen LogP contribution in [-0.4, -0.2) is 48.7 Å². The minimum absolute atomic E-state index is 0.179. The van der Waals surface area contributed by atoms with Gasteiger partial charge in [-0.05, 0) is 18.6 Å². The number of hydrazine groups is 1. The summed E-state index contributed by atoms with van der Waals surface area (Å²) in [6.45, 7) is 5.69. The third kappa shape index (κ3) is 4.18. The van der Waals surface area contributed by atoms with E-state index in [4.69, 9.17) is 4.74 Å². The first-order valence-corrected chi connectivity index (χ1v) is 6.63. The Morgan fingerprint density at radius 2 is 2.26 bits per heavy atom. The van der Waals surface area contributed by atoms with Gasteiger partial charge >= 0.3 is 0 Å². The summed E-state index contributed by atoms with van der Waals surface area (Å²) >= 11 is 0.